The fraction of sp³-hybridized carbons (Fsp3) is 0.0952. The summed E-state index contributed by atoms with van der Waals surface area (Å²) in [6.45, 7) is 0.246. The van der Waals surface area contributed by atoms with Gasteiger partial charge in [0.25, 0.3) is 5.91 Å². The van der Waals surface area contributed by atoms with Crippen LogP contribution in [0.1, 0.15) is 17.2 Å². The molecule has 26 heavy (non-hydrogen) atoms. The normalized spacial score (nSPS) is 10.7. The molecule has 3 nitrogen and oxygen atoms in total. The van der Waals surface area contributed by atoms with Crippen LogP contribution in [0.2, 0.25) is 10.0 Å². The summed E-state index contributed by atoms with van der Waals surface area (Å²) in [6.07, 6.45) is 0. The Morgan fingerprint density at radius 1 is 0.808 bits per heavy atom. The molecule has 5 heteroatoms. The van der Waals surface area contributed by atoms with Gasteiger partial charge < -0.3 is 10.6 Å². The van der Waals surface area contributed by atoms with Gasteiger partial charge in [-0.05, 0) is 12.1 Å². The summed E-state index contributed by atoms with van der Waals surface area (Å²) in [5.41, 5.74) is 2.73. The van der Waals surface area contributed by atoms with Crippen LogP contribution < -0.4 is 10.6 Å². The van der Waals surface area contributed by atoms with Crippen molar-refractivity contribution in [2.75, 3.05) is 11.9 Å². The van der Waals surface area contributed by atoms with Crippen molar-refractivity contribution in [2.24, 2.45) is 0 Å². The SMILES string of the molecule is O=C(C[NH2+]C(c1ccccc1)c1ccccc1)Nc1c(Cl)cccc1Cl. The Balaban J connectivity index is 1.73. The van der Waals surface area contributed by atoms with Crippen LogP contribution in [0.5, 0.6) is 0 Å². The number of nitrogens with one attached hydrogen (secondary N) is 1. The Morgan fingerprint density at radius 2 is 1.31 bits per heavy atom. The second kappa shape index (κ2) is 8.86. The van der Waals surface area contributed by atoms with Crippen LogP contribution in [-0.4, -0.2) is 12.5 Å². The van der Waals surface area contributed by atoms with E-state index in [-0.39, 0.29) is 18.5 Å². The molecule has 1 amide bonds. The molecule has 0 fully saturated rings. The quantitative estimate of drug-likeness (QED) is 0.653. The number of hydrogen-bond acceptors (Lipinski definition) is 1. The van der Waals surface area contributed by atoms with Crippen LogP contribution in [-0.2, 0) is 4.79 Å². The zero-order valence-electron chi connectivity index (χ0n) is 14.0. The number of anilines is 1. The van der Waals surface area contributed by atoms with Crippen LogP contribution >= 0.6 is 23.2 Å². The van der Waals surface area contributed by atoms with Gasteiger partial charge >= 0.3 is 0 Å². The molecule has 132 valence electrons. The van der Waals surface area contributed by atoms with E-state index >= 15 is 0 Å². The maximum Gasteiger partial charge on any atom is 0.279 e. The average Bonchev–Trinajstić information content (AvgIpc) is 2.67. The molecule has 0 saturated heterocycles. The molecule has 0 atom stereocenters. The third-order valence-corrected chi connectivity index (χ3v) is 4.71. The Morgan fingerprint density at radius 3 is 1.81 bits per heavy atom. The lowest BCUT2D eigenvalue weighted by molar-refractivity contribution is -0.676. The molecule has 0 spiro atoms. The summed E-state index contributed by atoms with van der Waals surface area (Å²) in [7, 11) is 0. The number of carbonyl (C=O) groups is 1. The van der Waals surface area contributed by atoms with Gasteiger partial charge in [-0.3, -0.25) is 4.79 Å². The average molecular weight is 386 g/mol. The number of nitrogens with two attached hydrogens (primary N) is 1. The molecule has 3 aromatic rings. The molecule has 0 heterocycles. The highest BCUT2D eigenvalue weighted by Crippen LogP contribution is 2.29. The minimum atomic E-state index is -0.156. The van der Waals surface area contributed by atoms with Crippen molar-refractivity contribution in [1.29, 1.82) is 0 Å². The first-order chi connectivity index (χ1) is 12.6. The van der Waals surface area contributed by atoms with E-state index in [4.69, 9.17) is 23.2 Å². The smallest absolute Gasteiger partial charge is 0.279 e. The van der Waals surface area contributed by atoms with Gasteiger partial charge in [-0.15, -0.1) is 0 Å². The summed E-state index contributed by atoms with van der Waals surface area (Å²) in [5.74, 6) is -0.156. The number of halogens is 2. The highest BCUT2D eigenvalue weighted by molar-refractivity contribution is 6.39. The molecule has 0 aliphatic rings. The molecule has 0 unspecified atom stereocenters. The zero-order chi connectivity index (χ0) is 18.4. The monoisotopic (exact) mass is 385 g/mol. The van der Waals surface area contributed by atoms with Crippen LogP contribution in [0.3, 0.4) is 0 Å². The first-order valence-corrected chi connectivity index (χ1v) is 9.08. The van der Waals surface area contributed by atoms with Crippen molar-refractivity contribution in [3.8, 4) is 0 Å². The van der Waals surface area contributed by atoms with Crippen molar-refractivity contribution in [1.82, 2.24) is 0 Å². The standard InChI is InChI=1S/C21H18Cl2N2O/c22-17-12-7-13-18(23)21(17)25-19(26)14-24-20(15-8-3-1-4-9-15)16-10-5-2-6-11-16/h1-13,20,24H,14H2,(H,25,26)/p+1. The van der Waals surface area contributed by atoms with E-state index < -0.39 is 0 Å². The minimum Gasteiger partial charge on any atom is -0.328 e. The van der Waals surface area contributed by atoms with E-state index in [0.29, 0.717) is 15.7 Å². The lowest BCUT2D eigenvalue weighted by Crippen LogP contribution is -2.87. The van der Waals surface area contributed by atoms with Crippen LogP contribution in [0, 0.1) is 0 Å². The van der Waals surface area contributed by atoms with E-state index in [1.807, 2.05) is 41.7 Å². The Bertz CT molecular complexity index is 810. The van der Waals surface area contributed by atoms with Gasteiger partial charge in [0.1, 0.15) is 6.04 Å². The number of quaternary nitrogens is 1. The fourth-order valence-corrected chi connectivity index (χ4v) is 3.31. The van der Waals surface area contributed by atoms with Gasteiger partial charge in [-0.2, -0.15) is 0 Å². The molecule has 3 rings (SSSR count). The molecule has 0 saturated carbocycles. The molecule has 0 bridgehead atoms. The van der Waals surface area contributed by atoms with E-state index in [2.05, 4.69) is 29.6 Å². The second-order valence-corrected chi connectivity index (χ2v) is 6.70. The molecular formula is C21H19Cl2N2O+. The predicted octanol–water partition coefficient (Wildman–Crippen LogP) is 4.28. The summed E-state index contributed by atoms with van der Waals surface area (Å²) < 4.78 is 0. The number of amides is 1. The van der Waals surface area contributed by atoms with Crippen molar-refractivity contribution < 1.29 is 10.1 Å². The van der Waals surface area contributed by atoms with E-state index in [0.717, 1.165) is 11.1 Å². The second-order valence-electron chi connectivity index (χ2n) is 5.88. The fourth-order valence-electron chi connectivity index (χ4n) is 2.82. The minimum absolute atomic E-state index is 0.0323. The summed E-state index contributed by atoms with van der Waals surface area (Å²) >= 11 is 12.2. The molecule has 0 aliphatic heterocycles. The van der Waals surface area contributed by atoms with E-state index in [1.54, 1.807) is 18.2 Å². The molecule has 3 N–H and O–H groups in total. The first-order valence-electron chi connectivity index (χ1n) is 8.32. The number of para-hydroxylation sites is 1. The van der Waals surface area contributed by atoms with Gasteiger partial charge in [0.05, 0.1) is 15.7 Å². The Labute approximate surface area is 163 Å². The summed E-state index contributed by atoms with van der Waals surface area (Å²) in [4.78, 5) is 12.4. The first kappa shape index (κ1) is 18.5. The molecular weight excluding hydrogens is 367 g/mol. The Hall–Kier alpha value is -2.33. The topological polar surface area (TPSA) is 45.7 Å². The van der Waals surface area contributed by atoms with Crippen LogP contribution in [0.4, 0.5) is 5.69 Å². The number of benzene rings is 3. The predicted molar refractivity (Wildman–Crippen MR) is 107 cm³/mol. The zero-order valence-corrected chi connectivity index (χ0v) is 15.5. The molecule has 0 aliphatic carbocycles. The van der Waals surface area contributed by atoms with Crippen LogP contribution in [0.15, 0.2) is 78.9 Å². The van der Waals surface area contributed by atoms with Gasteiger partial charge in [0.15, 0.2) is 6.54 Å². The lowest BCUT2D eigenvalue weighted by atomic mass is 9.99. The van der Waals surface area contributed by atoms with Gasteiger partial charge in [0.2, 0.25) is 0 Å². The highest BCUT2D eigenvalue weighted by Gasteiger charge is 2.19. The molecule has 0 radical (unpaired) electrons. The largest absolute Gasteiger partial charge is 0.328 e. The molecule has 0 aromatic heterocycles. The number of hydrogen-bond donors (Lipinski definition) is 2. The van der Waals surface area contributed by atoms with Crippen molar-refractivity contribution in [3.63, 3.8) is 0 Å². The third-order valence-electron chi connectivity index (χ3n) is 4.08. The highest BCUT2D eigenvalue weighted by atomic mass is 35.5. The van der Waals surface area contributed by atoms with Crippen molar-refractivity contribution in [2.45, 2.75) is 6.04 Å². The van der Waals surface area contributed by atoms with Crippen molar-refractivity contribution in [3.05, 3.63) is 100 Å². The summed E-state index contributed by atoms with van der Waals surface area (Å²) in [6, 6.07) is 25.4. The van der Waals surface area contributed by atoms with Gasteiger partial charge in [0, 0.05) is 11.1 Å². The van der Waals surface area contributed by atoms with Crippen molar-refractivity contribution >= 4 is 34.8 Å². The molecule has 3 aromatic carbocycles. The van der Waals surface area contributed by atoms with Gasteiger partial charge in [-0.25, -0.2) is 0 Å². The van der Waals surface area contributed by atoms with E-state index in [1.165, 1.54) is 0 Å². The van der Waals surface area contributed by atoms with E-state index in [9.17, 15) is 4.79 Å². The number of rotatable bonds is 6. The maximum atomic E-state index is 12.4. The van der Waals surface area contributed by atoms with Crippen LogP contribution in [0.25, 0.3) is 0 Å². The Kier molecular flexibility index (Phi) is 6.29. The lowest BCUT2D eigenvalue weighted by Gasteiger charge is -2.17. The maximum absolute atomic E-state index is 12.4. The number of carbonyl (C=O) groups excluding carboxylic acids is 1. The van der Waals surface area contributed by atoms with Gasteiger partial charge in [-0.1, -0.05) is 89.9 Å². The third kappa shape index (κ3) is 4.64. The summed E-state index contributed by atoms with van der Waals surface area (Å²) in [5, 5.41) is 5.66.